The molecule has 1 fully saturated rings. The van der Waals surface area contributed by atoms with E-state index in [2.05, 4.69) is 11.8 Å². The van der Waals surface area contributed by atoms with Gasteiger partial charge in [-0.1, -0.05) is 13.8 Å². The van der Waals surface area contributed by atoms with E-state index in [0.29, 0.717) is 19.0 Å². The predicted octanol–water partition coefficient (Wildman–Crippen LogP) is 1.22. The van der Waals surface area contributed by atoms with Gasteiger partial charge in [0.1, 0.15) is 0 Å². The molecule has 0 bridgehead atoms. The summed E-state index contributed by atoms with van der Waals surface area (Å²) in [7, 11) is -3.11. The number of alkyl halides is 1. The second kappa shape index (κ2) is 6.92. The van der Waals surface area contributed by atoms with E-state index in [-0.39, 0.29) is 11.7 Å². The molecule has 4 nitrogen and oxygen atoms in total. The molecule has 0 aromatic heterocycles. The van der Waals surface area contributed by atoms with Gasteiger partial charge in [0.2, 0.25) is 10.0 Å². The summed E-state index contributed by atoms with van der Waals surface area (Å²) in [5.74, 6) is 0.592. The zero-order chi connectivity index (χ0) is 12.9. The highest BCUT2D eigenvalue weighted by Crippen LogP contribution is 2.12. The fourth-order valence-electron chi connectivity index (χ4n) is 2.06. The Morgan fingerprint density at radius 2 is 1.82 bits per heavy atom. The van der Waals surface area contributed by atoms with E-state index in [4.69, 9.17) is 11.6 Å². The molecule has 1 heterocycles. The Labute approximate surface area is 110 Å². The van der Waals surface area contributed by atoms with Gasteiger partial charge in [0.25, 0.3) is 0 Å². The Bertz CT molecular complexity index is 313. The van der Waals surface area contributed by atoms with Gasteiger partial charge in [0.05, 0.1) is 5.75 Å². The zero-order valence-corrected chi connectivity index (χ0v) is 12.3. The molecule has 1 atom stereocenters. The SMILES string of the molecule is CCCN1CCN(S(=O)(=O)CC(C)CCl)CC1. The average Bonchev–Trinajstić information content (AvgIpc) is 2.29. The topological polar surface area (TPSA) is 40.6 Å². The number of hydrogen-bond donors (Lipinski definition) is 0. The molecule has 0 spiro atoms. The quantitative estimate of drug-likeness (QED) is 0.688. The minimum absolute atomic E-state index is 0.0235. The van der Waals surface area contributed by atoms with E-state index in [1.54, 1.807) is 4.31 Å². The van der Waals surface area contributed by atoms with Crippen molar-refractivity contribution in [3.05, 3.63) is 0 Å². The third kappa shape index (κ3) is 4.73. The van der Waals surface area contributed by atoms with Crippen molar-refractivity contribution in [2.75, 3.05) is 44.4 Å². The summed E-state index contributed by atoms with van der Waals surface area (Å²) < 4.78 is 25.7. The summed E-state index contributed by atoms with van der Waals surface area (Å²) >= 11 is 5.67. The fraction of sp³-hybridized carbons (Fsp3) is 1.00. The molecule has 0 radical (unpaired) electrons. The molecule has 1 aliphatic heterocycles. The molecule has 1 aliphatic rings. The molecule has 0 aromatic rings. The molecule has 17 heavy (non-hydrogen) atoms. The smallest absolute Gasteiger partial charge is 0.214 e. The maximum Gasteiger partial charge on any atom is 0.214 e. The van der Waals surface area contributed by atoms with Crippen LogP contribution >= 0.6 is 11.6 Å². The fourth-order valence-corrected chi connectivity index (χ4v) is 4.06. The molecule has 1 unspecified atom stereocenters. The van der Waals surface area contributed by atoms with Crippen LogP contribution in [-0.4, -0.2) is 62.0 Å². The second-order valence-corrected chi connectivity index (χ2v) is 7.10. The van der Waals surface area contributed by atoms with Gasteiger partial charge >= 0.3 is 0 Å². The van der Waals surface area contributed by atoms with Crippen LogP contribution in [0, 0.1) is 5.92 Å². The van der Waals surface area contributed by atoms with Gasteiger partial charge in [-0.25, -0.2) is 8.42 Å². The average molecular weight is 283 g/mol. The molecule has 1 saturated heterocycles. The molecule has 1 rings (SSSR count). The number of halogens is 1. The van der Waals surface area contributed by atoms with Gasteiger partial charge in [-0.3, -0.25) is 0 Å². The molecule has 0 saturated carbocycles. The van der Waals surface area contributed by atoms with Crippen LogP contribution in [0.3, 0.4) is 0 Å². The van der Waals surface area contributed by atoms with Crippen molar-refractivity contribution in [1.29, 1.82) is 0 Å². The molecule has 6 heteroatoms. The van der Waals surface area contributed by atoms with Crippen molar-refractivity contribution in [3.8, 4) is 0 Å². The first-order valence-electron chi connectivity index (χ1n) is 6.25. The van der Waals surface area contributed by atoms with Gasteiger partial charge < -0.3 is 4.90 Å². The minimum Gasteiger partial charge on any atom is -0.301 e. The van der Waals surface area contributed by atoms with Crippen LogP contribution in [0.4, 0.5) is 0 Å². The monoisotopic (exact) mass is 282 g/mol. The van der Waals surface area contributed by atoms with Crippen LogP contribution in [0.5, 0.6) is 0 Å². The molecular formula is C11H23ClN2O2S. The normalized spacial score (nSPS) is 21.6. The maximum absolute atomic E-state index is 12.1. The van der Waals surface area contributed by atoms with E-state index in [9.17, 15) is 8.42 Å². The summed E-state index contributed by atoms with van der Waals surface area (Å²) in [5.41, 5.74) is 0. The van der Waals surface area contributed by atoms with Crippen molar-refractivity contribution >= 4 is 21.6 Å². The van der Waals surface area contributed by atoms with E-state index < -0.39 is 10.0 Å². The van der Waals surface area contributed by atoms with Crippen molar-refractivity contribution < 1.29 is 8.42 Å². The molecular weight excluding hydrogens is 260 g/mol. The zero-order valence-electron chi connectivity index (χ0n) is 10.7. The first-order valence-corrected chi connectivity index (χ1v) is 8.40. The highest BCUT2D eigenvalue weighted by molar-refractivity contribution is 7.89. The van der Waals surface area contributed by atoms with Crippen LogP contribution in [0.2, 0.25) is 0 Å². The Morgan fingerprint density at radius 1 is 1.24 bits per heavy atom. The van der Waals surface area contributed by atoms with Crippen LogP contribution in [0.1, 0.15) is 20.3 Å². The van der Waals surface area contributed by atoms with Crippen LogP contribution in [0.25, 0.3) is 0 Å². The Hall–Kier alpha value is 0.160. The number of hydrogen-bond acceptors (Lipinski definition) is 3. The lowest BCUT2D eigenvalue weighted by atomic mass is 10.3. The first kappa shape index (κ1) is 15.2. The summed E-state index contributed by atoms with van der Waals surface area (Å²) in [6, 6.07) is 0. The van der Waals surface area contributed by atoms with Crippen molar-refractivity contribution in [1.82, 2.24) is 9.21 Å². The van der Waals surface area contributed by atoms with Crippen molar-refractivity contribution in [2.24, 2.45) is 5.92 Å². The van der Waals surface area contributed by atoms with Gasteiger partial charge in [-0.15, -0.1) is 11.6 Å². The summed E-state index contributed by atoms with van der Waals surface area (Å²) in [4.78, 5) is 2.32. The lowest BCUT2D eigenvalue weighted by molar-refractivity contribution is 0.188. The van der Waals surface area contributed by atoms with Crippen LogP contribution in [0.15, 0.2) is 0 Å². The first-order chi connectivity index (χ1) is 7.99. The largest absolute Gasteiger partial charge is 0.301 e. The maximum atomic E-state index is 12.1. The van der Waals surface area contributed by atoms with Gasteiger partial charge in [0.15, 0.2) is 0 Å². The number of piperazine rings is 1. The van der Waals surface area contributed by atoms with Crippen molar-refractivity contribution in [3.63, 3.8) is 0 Å². The second-order valence-electron chi connectivity index (χ2n) is 4.78. The Kier molecular flexibility index (Phi) is 6.20. The van der Waals surface area contributed by atoms with Gasteiger partial charge in [-0.2, -0.15) is 4.31 Å². The molecule has 102 valence electrons. The van der Waals surface area contributed by atoms with E-state index in [1.807, 2.05) is 6.92 Å². The third-order valence-corrected chi connectivity index (χ3v) is 5.69. The highest BCUT2D eigenvalue weighted by atomic mass is 35.5. The third-order valence-electron chi connectivity index (χ3n) is 3.02. The number of nitrogens with zero attached hydrogens (tertiary/aromatic N) is 2. The summed E-state index contributed by atoms with van der Waals surface area (Å²) in [5, 5.41) is 0. The van der Waals surface area contributed by atoms with Crippen molar-refractivity contribution in [2.45, 2.75) is 20.3 Å². The van der Waals surface area contributed by atoms with Crippen LogP contribution in [-0.2, 0) is 10.0 Å². The standard InChI is InChI=1S/C11H23ClN2O2S/c1-3-4-13-5-7-14(8-6-13)17(15,16)10-11(2)9-12/h11H,3-10H2,1-2H3. The van der Waals surface area contributed by atoms with E-state index in [1.165, 1.54) is 0 Å². The minimum atomic E-state index is -3.11. The Balaban J connectivity index is 2.47. The lowest BCUT2D eigenvalue weighted by Crippen LogP contribution is -2.49. The molecule has 0 N–H and O–H groups in total. The predicted molar refractivity (Wildman–Crippen MR) is 72.0 cm³/mol. The van der Waals surface area contributed by atoms with E-state index in [0.717, 1.165) is 26.1 Å². The number of rotatable bonds is 6. The molecule has 0 aliphatic carbocycles. The van der Waals surface area contributed by atoms with Gasteiger partial charge in [-0.05, 0) is 18.9 Å². The van der Waals surface area contributed by atoms with E-state index >= 15 is 0 Å². The highest BCUT2D eigenvalue weighted by Gasteiger charge is 2.27. The summed E-state index contributed by atoms with van der Waals surface area (Å²) in [6.07, 6.45) is 1.12. The lowest BCUT2D eigenvalue weighted by Gasteiger charge is -2.34. The molecule has 0 aromatic carbocycles. The van der Waals surface area contributed by atoms with Crippen LogP contribution < -0.4 is 0 Å². The Morgan fingerprint density at radius 3 is 2.29 bits per heavy atom. The van der Waals surface area contributed by atoms with Gasteiger partial charge in [0, 0.05) is 32.1 Å². The number of sulfonamides is 1. The summed E-state index contributed by atoms with van der Waals surface area (Å²) in [6.45, 7) is 8.02. The molecule has 0 amide bonds.